The van der Waals surface area contributed by atoms with Crippen molar-refractivity contribution in [1.82, 2.24) is 8.61 Å². The minimum atomic E-state index is -3.56. The Hall–Kier alpha value is -0.960. The standard InChI is InChI=1S/C13H20N2O4S2/c1-12-4-6-13(7-5-12)21(18,19)15-9-3-8-14(10-11-15)20(2,16)17/h4-7H,3,8-11H2,1-2H3. The van der Waals surface area contributed by atoms with Crippen LogP contribution in [-0.4, -0.2) is 57.9 Å². The average molecular weight is 332 g/mol. The van der Waals surface area contributed by atoms with E-state index in [1.54, 1.807) is 24.3 Å². The molecule has 6 nitrogen and oxygen atoms in total. The van der Waals surface area contributed by atoms with E-state index in [9.17, 15) is 16.8 Å². The van der Waals surface area contributed by atoms with Gasteiger partial charge in [0.1, 0.15) is 0 Å². The van der Waals surface area contributed by atoms with Crippen molar-refractivity contribution in [3.8, 4) is 0 Å². The molecule has 1 saturated heterocycles. The summed E-state index contributed by atoms with van der Waals surface area (Å²) in [6, 6.07) is 6.69. The first kappa shape index (κ1) is 16.4. The molecule has 1 aliphatic rings. The molecule has 1 heterocycles. The first-order chi connectivity index (χ1) is 9.71. The van der Waals surface area contributed by atoms with Gasteiger partial charge in [-0.2, -0.15) is 4.31 Å². The molecule has 0 radical (unpaired) electrons. The summed E-state index contributed by atoms with van der Waals surface area (Å²) >= 11 is 0. The van der Waals surface area contributed by atoms with Gasteiger partial charge in [-0.3, -0.25) is 0 Å². The van der Waals surface area contributed by atoms with Gasteiger partial charge in [-0.1, -0.05) is 17.7 Å². The highest BCUT2D eigenvalue weighted by molar-refractivity contribution is 7.89. The Morgan fingerprint density at radius 2 is 1.38 bits per heavy atom. The zero-order valence-electron chi connectivity index (χ0n) is 12.2. The first-order valence-electron chi connectivity index (χ1n) is 6.73. The fraction of sp³-hybridized carbons (Fsp3) is 0.538. The molecule has 1 fully saturated rings. The van der Waals surface area contributed by atoms with E-state index in [0.717, 1.165) is 11.8 Å². The summed E-state index contributed by atoms with van der Waals surface area (Å²) in [5.41, 5.74) is 0.994. The Labute approximate surface area is 126 Å². The number of aryl methyl sites for hydroxylation is 1. The minimum Gasteiger partial charge on any atom is -0.213 e. The number of hydrogen-bond donors (Lipinski definition) is 0. The van der Waals surface area contributed by atoms with Crippen LogP contribution in [0, 0.1) is 6.92 Å². The summed E-state index contributed by atoms with van der Waals surface area (Å²) in [7, 11) is -6.84. The molecule has 1 aromatic rings. The molecule has 0 spiro atoms. The number of benzene rings is 1. The second-order valence-electron chi connectivity index (χ2n) is 5.23. The zero-order valence-corrected chi connectivity index (χ0v) is 13.8. The molecule has 2 rings (SSSR count). The lowest BCUT2D eigenvalue weighted by molar-refractivity contribution is 0.406. The molecular formula is C13H20N2O4S2. The molecule has 0 aromatic heterocycles. The lowest BCUT2D eigenvalue weighted by Gasteiger charge is -2.20. The van der Waals surface area contributed by atoms with E-state index in [4.69, 9.17) is 0 Å². The summed E-state index contributed by atoms with van der Waals surface area (Å²) in [5, 5.41) is 0. The number of sulfonamides is 2. The molecular weight excluding hydrogens is 312 g/mol. The second-order valence-corrected chi connectivity index (χ2v) is 9.15. The van der Waals surface area contributed by atoms with Crippen LogP contribution in [0.4, 0.5) is 0 Å². The van der Waals surface area contributed by atoms with E-state index in [-0.39, 0.29) is 18.0 Å². The summed E-state index contributed by atoms with van der Waals surface area (Å²) in [4.78, 5) is 0.251. The molecule has 0 bridgehead atoms. The number of rotatable bonds is 3. The Bertz CT molecular complexity index is 696. The maximum Gasteiger partial charge on any atom is 0.243 e. The normalized spacial score (nSPS) is 19.3. The van der Waals surface area contributed by atoms with Crippen molar-refractivity contribution in [3.05, 3.63) is 29.8 Å². The highest BCUT2D eigenvalue weighted by Gasteiger charge is 2.29. The monoisotopic (exact) mass is 332 g/mol. The second kappa shape index (κ2) is 6.04. The number of hydrogen-bond acceptors (Lipinski definition) is 4. The Morgan fingerprint density at radius 3 is 1.95 bits per heavy atom. The molecule has 0 saturated carbocycles. The van der Waals surface area contributed by atoms with E-state index >= 15 is 0 Å². The third kappa shape index (κ3) is 3.82. The van der Waals surface area contributed by atoms with Gasteiger partial charge >= 0.3 is 0 Å². The minimum absolute atomic E-state index is 0.184. The van der Waals surface area contributed by atoms with Crippen molar-refractivity contribution in [2.75, 3.05) is 32.4 Å². The van der Waals surface area contributed by atoms with Crippen molar-refractivity contribution in [3.63, 3.8) is 0 Å². The highest BCUT2D eigenvalue weighted by atomic mass is 32.2. The van der Waals surface area contributed by atoms with Crippen molar-refractivity contribution in [1.29, 1.82) is 0 Å². The molecule has 118 valence electrons. The van der Waals surface area contributed by atoms with Crippen molar-refractivity contribution in [2.45, 2.75) is 18.2 Å². The lowest BCUT2D eigenvalue weighted by atomic mass is 10.2. The van der Waals surface area contributed by atoms with Crippen LogP contribution >= 0.6 is 0 Å². The smallest absolute Gasteiger partial charge is 0.213 e. The predicted octanol–water partition coefficient (Wildman–Crippen LogP) is 0.651. The molecule has 8 heteroatoms. The van der Waals surface area contributed by atoms with Crippen molar-refractivity contribution in [2.24, 2.45) is 0 Å². The fourth-order valence-electron chi connectivity index (χ4n) is 2.30. The Kier molecular flexibility index (Phi) is 4.72. The van der Waals surface area contributed by atoms with Crippen LogP contribution in [0.2, 0.25) is 0 Å². The van der Waals surface area contributed by atoms with Gasteiger partial charge in [0.25, 0.3) is 0 Å². The van der Waals surface area contributed by atoms with Crippen LogP contribution in [0.3, 0.4) is 0 Å². The SMILES string of the molecule is Cc1ccc(S(=O)(=O)N2CCCN(S(C)(=O)=O)CC2)cc1. The van der Waals surface area contributed by atoms with Gasteiger partial charge in [0.15, 0.2) is 0 Å². The van der Waals surface area contributed by atoms with E-state index in [0.29, 0.717) is 19.5 Å². The molecule has 0 aliphatic carbocycles. The lowest BCUT2D eigenvalue weighted by Crippen LogP contribution is -2.36. The predicted molar refractivity (Wildman–Crippen MR) is 81.0 cm³/mol. The molecule has 0 atom stereocenters. The first-order valence-corrected chi connectivity index (χ1v) is 10.0. The van der Waals surface area contributed by atoms with Gasteiger partial charge in [-0.15, -0.1) is 0 Å². The van der Waals surface area contributed by atoms with Crippen LogP contribution < -0.4 is 0 Å². The maximum absolute atomic E-state index is 12.6. The van der Waals surface area contributed by atoms with Crippen LogP contribution in [0.25, 0.3) is 0 Å². The number of nitrogens with zero attached hydrogens (tertiary/aromatic N) is 2. The molecule has 0 N–H and O–H groups in total. The van der Waals surface area contributed by atoms with Gasteiger partial charge in [0.05, 0.1) is 11.2 Å². The van der Waals surface area contributed by atoms with Gasteiger partial charge in [0.2, 0.25) is 20.0 Å². The van der Waals surface area contributed by atoms with Crippen LogP contribution in [0.1, 0.15) is 12.0 Å². The molecule has 0 unspecified atom stereocenters. The summed E-state index contributed by atoms with van der Waals surface area (Å²) in [5.74, 6) is 0. The van der Waals surface area contributed by atoms with Gasteiger partial charge in [-0.25, -0.2) is 21.1 Å². The van der Waals surface area contributed by atoms with E-state index in [2.05, 4.69) is 0 Å². The topological polar surface area (TPSA) is 74.8 Å². The third-order valence-corrected chi connectivity index (χ3v) is 6.76. The van der Waals surface area contributed by atoms with Crippen LogP contribution in [0.5, 0.6) is 0 Å². The van der Waals surface area contributed by atoms with E-state index < -0.39 is 20.0 Å². The Balaban J connectivity index is 2.20. The summed E-state index contributed by atoms with van der Waals surface area (Å²) < 4.78 is 50.9. The maximum atomic E-state index is 12.6. The Morgan fingerprint density at radius 1 is 0.857 bits per heavy atom. The largest absolute Gasteiger partial charge is 0.243 e. The summed E-state index contributed by atoms with van der Waals surface area (Å²) in [6.07, 6.45) is 1.65. The van der Waals surface area contributed by atoms with E-state index in [1.165, 1.54) is 8.61 Å². The molecule has 1 aliphatic heterocycles. The molecule has 21 heavy (non-hydrogen) atoms. The van der Waals surface area contributed by atoms with Gasteiger partial charge in [0, 0.05) is 26.2 Å². The van der Waals surface area contributed by atoms with Crippen molar-refractivity contribution >= 4 is 20.0 Å². The molecule has 0 amide bonds. The van der Waals surface area contributed by atoms with E-state index in [1.807, 2.05) is 6.92 Å². The van der Waals surface area contributed by atoms with Crippen LogP contribution in [0.15, 0.2) is 29.2 Å². The zero-order chi connectivity index (χ0) is 15.7. The van der Waals surface area contributed by atoms with Crippen LogP contribution in [-0.2, 0) is 20.0 Å². The van der Waals surface area contributed by atoms with Gasteiger partial charge in [-0.05, 0) is 25.5 Å². The highest BCUT2D eigenvalue weighted by Crippen LogP contribution is 2.18. The van der Waals surface area contributed by atoms with Gasteiger partial charge < -0.3 is 0 Å². The average Bonchev–Trinajstić information content (AvgIpc) is 2.64. The third-order valence-electron chi connectivity index (χ3n) is 3.54. The molecule has 1 aromatic carbocycles. The van der Waals surface area contributed by atoms with Crippen molar-refractivity contribution < 1.29 is 16.8 Å². The fourth-order valence-corrected chi connectivity index (χ4v) is 4.65. The summed E-state index contributed by atoms with van der Waals surface area (Å²) in [6.45, 7) is 2.97. The quantitative estimate of drug-likeness (QED) is 0.814.